The van der Waals surface area contributed by atoms with Gasteiger partial charge in [0, 0.05) is 0 Å². The lowest BCUT2D eigenvalue weighted by Crippen LogP contribution is -2.50. The fourth-order valence-electron chi connectivity index (χ4n) is 13.2. The molecule has 14 unspecified atom stereocenters. The molecule has 0 heteroatoms. The highest BCUT2D eigenvalue weighted by Crippen LogP contribution is 2.78. The summed E-state index contributed by atoms with van der Waals surface area (Å²) in [6.45, 7) is 30.6. The lowest BCUT2D eigenvalue weighted by atomic mass is 9.50. The second-order valence-electron chi connectivity index (χ2n) is 17.5. The van der Waals surface area contributed by atoms with E-state index in [1.807, 2.05) is 0 Å². The van der Waals surface area contributed by atoms with E-state index in [4.69, 9.17) is 0 Å². The third-order valence-corrected chi connectivity index (χ3v) is 16.8. The van der Waals surface area contributed by atoms with E-state index in [0.29, 0.717) is 21.7 Å². The summed E-state index contributed by atoms with van der Waals surface area (Å²) in [5.74, 6) is 14.6. The quantitative estimate of drug-likeness (QED) is 0.312. The lowest BCUT2D eigenvalue weighted by molar-refractivity contribution is -0.0704. The van der Waals surface area contributed by atoms with Gasteiger partial charge in [0.1, 0.15) is 0 Å². The Hall–Kier alpha value is 0. The zero-order chi connectivity index (χ0) is 24.9. The first-order valence-corrected chi connectivity index (χ1v) is 15.6. The smallest absolute Gasteiger partial charge is 0.0269 e. The van der Waals surface area contributed by atoms with Crippen molar-refractivity contribution in [2.45, 2.75) is 109 Å². The van der Waals surface area contributed by atoms with Crippen molar-refractivity contribution in [1.82, 2.24) is 0 Å². The first-order chi connectivity index (χ1) is 15.6. The van der Waals surface area contributed by atoms with Crippen LogP contribution in [0.25, 0.3) is 0 Å². The van der Waals surface area contributed by atoms with Crippen molar-refractivity contribution < 1.29 is 0 Å². The third-order valence-electron chi connectivity index (χ3n) is 16.8. The molecule has 0 saturated heterocycles. The van der Waals surface area contributed by atoms with Crippen LogP contribution < -0.4 is 0 Å². The van der Waals surface area contributed by atoms with Crippen LogP contribution in [0.15, 0.2) is 0 Å². The molecule has 194 valence electrons. The molecule has 0 heterocycles. The Morgan fingerprint density at radius 3 is 1.24 bits per heavy atom. The molecule has 34 heavy (non-hydrogen) atoms. The minimum absolute atomic E-state index is 0.567. The Morgan fingerprint density at radius 1 is 0.382 bits per heavy atom. The number of hydrogen-bond donors (Lipinski definition) is 0. The van der Waals surface area contributed by atoms with Crippen LogP contribution in [0.3, 0.4) is 0 Å². The molecule has 0 spiro atoms. The van der Waals surface area contributed by atoms with Crippen LogP contribution in [-0.4, -0.2) is 0 Å². The molecule has 7 fully saturated rings. The van der Waals surface area contributed by atoms with Gasteiger partial charge in [-0.25, -0.2) is 0 Å². The van der Waals surface area contributed by atoms with E-state index in [0.717, 1.165) is 82.9 Å². The second kappa shape index (κ2) is 6.90. The van der Waals surface area contributed by atoms with Crippen molar-refractivity contribution in [2.24, 2.45) is 105 Å². The highest BCUT2D eigenvalue weighted by atomic mass is 14.8. The molecule has 0 nitrogen and oxygen atoms in total. The molecule has 7 aliphatic rings. The molecule has 0 radical (unpaired) electrons. The van der Waals surface area contributed by atoms with E-state index in [1.165, 1.54) is 12.8 Å². The van der Waals surface area contributed by atoms with E-state index >= 15 is 0 Å². The number of hydrogen-bond acceptors (Lipinski definition) is 0. The van der Waals surface area contributed by atoms with Gasteiger partial charge in [0.15, 0.2) is 0 Å². The lowest BCUT2D eigenvalue weighted by Gasteiger charge is -2.55. The molecule has 0 N–H and O–H groups in total. The molecule has 0 amide bonds. The minimum atomic E-state index is 0.567. The number of rotatable bonds is 0. The largest absolute Gasteiger partial charge is 0.0622 e. The molecule has 0 aromatic rings. The molecule has 7 rings (SSSR count). The van der Waals surface area contributed by atoms with E-state index in [2.05, 4.69) is 83.1 Å². The summed E-state index contributed by atoms with van der Waals surface area (Å²) in [5.41, 5.74) is 2.29. The molecule has 14 atom stereocenters. The standard InChI is InChI=1S/C18H30.C16H28/c1-9-10(2)12-7-11(9)15-13-8-14(16(12)15)18(5,6)17(13,3)4;1-9-7-11-12-8-13(14(11)10(9)2)16(5,6)15(12,3)4/h9-16H,7-8H2,1-6H3;9-14H,7-8H2,1-6H3. The highest BCUT2D eigenvalue weighted by Gasteiger charge is 2.72. The minimum Gasteiger partial charge on any atom is -0.0622 e. The zero-order valence-corrected chi connectivity index (χ0v) is 24.9. The fraction of sp³-hybridized carbons (Fsp3) is 1.00. The monoisotopic (exact) mass is 466 g/mol. The van der Waals surface area contributed by atoms with Gasteiger partial charge in [-0.2, -0.15) is 0 Å². The van der Waals surface area contributed by atoms with E-state index in [1.54, 1.807) is 12.8 Å². The van der Waals surface area contributed by atoms with Crippen molar-refractivity contribution in [2.75, 3.05) is 0 Å². The average Bonchev–Trinajstić information content (AvgIpc) is 3.53. The number of fused-ring (bicyclic) bond motifs is 14. The summed E-state index contributed by atoms with van der Waals surface area (Å²) in [5, 5.41) is 0. The molecule has 7 aliphatic carbocycles. The van der Waals surface area contributed by atoms with Gasteiger partial charge in [0.2, 0.25) is 0 Å². The van der Waals surface area contributed by atoms with E-state index in [-0.39, 0.29) is 0 Å². The van der Waals surface area contributed by atoms with Crippen molar-refractivity contribution in [3.05, 3.63) is 0 Å². The van der Waals surface area contributed by atoms with Gasteiger partial charge in [-0.3, -0.25) is 0 Å². The molecule has 7 saturated carbocycles. The van der Waals surface area contributed by atoms with Gasteiger partial charge in [0.05, 0.1) is 0 Å². The van der Waals surface area contributed by atoms with Crippen LogP contribution in [0.1, 0.15) is 109 Å². The third kappa shape index (κ3) is 2.54. The van der Waals surface area contributed by atoms with Crippen molar-refractivity contribution >= 4 is 0 Å². The van der Waals surface area contributed by atoms with Crippen LogP contribution in [-0.2, 0) is 0 Å². The van der Waals surface area contributed by atoms with Crippen LogP contribution in [0.2, 0.25) is 0 Å². The Kier molecular flexibility index (Phi) is 4.94. The van der Waals surface area contributed by atoms with Crippen molar-refractivity contribution in [1.29, 1.82) is 0 Å². The molecule has 6 bridgehead atoms. The molecule has 0 aromatic heterocycles. The van der Waals surface area contributed by atoms with Crippen LogP contribution in [0.5, 0.6) is 0 Å². The van der Waals surface area contributed by atoms with Gasteiger partial charge in [-0.05, 0) is 130 Å². The molecular weight excluding hydrogens is 408 g/mol. The first-order valence-electron chi connectivity index (χ1n) is 15.6. The predicted octanol–water partition coefficient (Wildman–Crippen LogP) is 9.44. The molecular formula is C34H58. The maximum atomic E-state index is 2.58. The maximum Gasteiger partial charge on any atom is -0.0269 e. The van der Waals surface area contributed by atoms with Crippen LogP contribution in [0, 0.1) is 105 Å². The summed E-state index contributed by atoms with van der Waals surface area (Å²) in [6.07, 6.45) is 6.19. The van der Waals surface area contributed by atoms with Gasteiger partial charge in [-0.15, -0.1) is 0 Å². The molecule has 0 aromatic carbocycles. The summed E-state index contributed by atoms with van der Waals surface area (Å²) in [4.78, 5) is 0. The SMILES string of the molecule is CC1C(C)C2CC1C1C2C2CC1C(C)(C)C2(C)C.CC1CC2C(C1C)C1CC2C(C)(C)C1(C)C. The maximum absolute atomic E-state index is 2.58. The fourth-order valence-corrected chi connectivity index (χ4v) is 13.2. The average molecular weight is 467 g/mol. The van der Waals surface area contributed by atoms with Gasteiger partial charge >= 0.3 is 0 Å². The summed E-state index contributed by atoms with van der Waals surface area (Å²) >= 11 is 0. The second-order valence-corrected chi connectivity index (χ2v) is 17.5. The van der Waals surface area contributed by atoms with E-state index < -0.39 is 0 Å². The predicted molar refractivity (Wildman–Crippen MR) is 145 cm³/mol. The summed E-state index contributed by atoms with van der Waals surface area (Å²) in [7, 11) is 0. The van der Waals surface area contributed by atoms with Crippen molar-refractivity contribution in [3.63, 3.8) is 0 Å². The zero-order valence-electron chi connectivity index (χ0n) is 24.9. The van der Waals surface area contributed by atoms with E-state index in [9.17, 15) is 0 Å². The Labute approximate surface area is 213 Å². The topological polar surface area (TPSA) is 0 Å². The van der Waals surface area contributed by atoms with Gasteiger partial charge < -0.3 is 0 Å². The molecule has 0 aliphatic heterocycles. The normalized spacial score (nSPS) is 59.6. The van der Waals surface area contributed by atoms with Gasteiger partial charge in [0.25, 0.3) is 0 Å². The van der Waals surface area contributed by atoms with Crippen LogP contribution in [0.4, 0.5) is 0 Å². The summed E-state index contributed by atoms with van der Waals surface area (Å²) in [6, 6.07) is 0. The van der Waals surface area contributed by atoms with Gasteiger partial charge in [-0.1, -0.05) is 83.1 Å². The first kappa shape index (κ1) is 24.3. The Morgan fingerprint density at radius 2 is 0.765 bits per heavy atom. The Bertz CT molecular complexity index is 804. The highest BCUT2D eigenvalue weighted by molar-refractivity contribution is 5.20. The Balaban J connectivity index is 0.000000129. The van der Waals surface area contributed by atoms with Crippen molar-refractivity contribution in [3.8, 4) is 0 Å². The van der Waals surface area contributed by atoms with Crippen LogP contribution >= 0.6 is 0 Å². The summed E-state index contributed by atoms with van der Waals surface area (Å²) < 4.78 is 0.